The molecule has 6 unspecified atom stereocenters. The fraction of sp³-hybridized carbons (Fsp3) is 0.737. The summed E-state index contributed by atoms with van der Waals surface area (Å²) in [5.74, 6) is 2.52. The second-order valence-electron chi connectivity index (χ2n) is 8.11. The summed E-state index contributed by atoms with van der Waals surface area (Å²) in [5.41, 5.74) is 8.44. The van der Waals surface area contributed by atoms with Gasteiger partial charge in [-0.25, -0.2) is 4.98 Å². The number of pyridine rings is 1. The highest BCUT2D eigenvalue weighted by molar-refractivity contribution is 5.54. The molecule has 0 amide bonds. The van der Waals surface area contributed by atoms with Crippen LogP contribution < -0.4 is 16.0 Å². The van der Waals surface area contributed by atoms with Gasteiger partial charge >= 0.3 is 0 Å². The maximum atomic E-state index is 6.17. The molecule has 3 fully saturated rings. The third-order valence-corrected chi connectivity index (χ3v) is 6.07. The number of rotatable bonds is 3. The minimum atomic E-state index is 0.256. The number of anilines is 2. The van der Waals surface area contributed by atoms with Gasteiger partial charge in [-0.2, -0.15) is 0 Å². The van der Waals surface area contributed by atoms with E-state index in [2.05, 4.69) is 43.1 Å². The van der Waals surface area contributed by atoms with Crippen LogP contribution in [0.4, 0.5) is 11.5 Å². The van der Waals surface area contributed by atoms with Gasteiger partial charge in [-0.3, -0.25) is 0 Å². The van der Waals surface area contributed by atoms with E-state index in [-0.39, 0.29) is 12.2 Å². The maximum absolute atomic E-state index is 6.17. The van der Waals surface area contributed by atoms with Gasteiger partial charge in [0, 0.05) is 25.2 Å². The topological polar surface area (TPSA) is 63.4 Å². The Labute approximate surface area is 145 Å². The van der Waals surface area contributed by atoms with Gasteiger partial charge in [0.15, 0.2) is 0 Å². The highest BCUT2D eigenvalue weighted by atomic mass is 16.5. The maximum Gasteiger partial charge on any atom is 0.129 e. The van der Waals surface area contributed by atoms with Crippen molar-refractivity contribution in [2.24, 2.45) is 17.6 Å². The largest absolute Gasteiger partial charge is 0.381 e. The Bertz CT molecular complexity index is 595. The van der Waals surface area contributed by atoms with E-state index in [1.807, 2.05) is 0 Å². The Kier molecular flexibility index (Phi) is 4.17. The van der Waals surface area contributed by atoms with E-state index >= 15 is 0 Å². The quantitative estimate of drug-likeness (QED) is 0.892. The van der Waals surface area contributed by atoms with Gasteiger partial charge in [-0.1, -0.05) is 0 Å². The summed E-state index contributed by atoms with van der Waals surface area (Å²) < 4.78 is 5.83. The second kappa shape index (κ2) is 6.19. The lowest BCUT2D eigenvalue weighted by molar-refractivity contribution is -0.00546. The van der Waals surface area contributed by atoms with Crippen molar-refractivity contribution in [3.05, 3.63) is 17.8 Å². The third-order valence-electron chi connectivity index (χ3n) is 6.07. The van der Waals surface area contributed by atoms with Crippen LogP contribution in [0.2, 0.25) is 0 Å². The molecule has 0 spiro atoms. The van der Waals surface area contributed by atoms with E-state index in [4.69, 9.17) is 15.5 Å². The number of nitrogens with one attached hydrogen (secondary N) is 1. The minimum Gasteiger partial charge on any atom is -0.381 e. The van der Waals surface area contributed by atoms with Gasteiger partial charge in [0.2, 0.25) is 0 Å². The molecule has 2 saturated carbocycles. The van der Waals surface area contributed by atoms with Crippen molar-refractivity contribution < 1.29 is 4.74 Å². The number of fused-ring (bicyclic) bond motifs is 2. The number of hydrogen-bond donors (Lipinski definition) is 2. The summed E-state index contributed by atoms with van der Waals surface area (Å²) in [6.07, 6.45) is 4.20. The molecule has 0 aromatic carbocycles. The van der Waals surface area contributed by atoms with Gasteiger partial charge in [-0.05, 0) is 64.0 Å². The number of nitrogens with two attached hydrogens (primary N) is 1. The molecule has 24 heavy (non-hydrogen) atoms. The van der Waals surface area contributed by atoms with Crippen LogP contribution >= 0.6 is 0 Å². The molecule has 6 atom stereocenters. The van der Waals surface area contributed by atoms with Crippen molar-refractivity contribution >= 4 is 11.5 Å². The standard InChI is InChI=1S/C19H30N4O/c1-11-9-23(10-12(2)24-11)19-5-4-17(13(3)21-19)22-18-8-14-6-15(18)7-16(14)20/h4-5,11-12,14-16,18,22H,6-10,20H2,1-3H3. The zero-order chi connectivity index (χ0) is 16.8. The molecular formula is C19H30N4O. The van der Waals surface area contributed by atoms with Crippen LogP contribution in [0, 0.1) is 18.8 Å². The van der Waals surface area contributed by atoms with Crippen LogP contribution in [0.15, 0.2) is 12.1 Å². The number of hydrogen-bond acceptors (Lipinski definition) is 5. The number of ether oxygens (including phenoxy) is 1. The molecule has 5 nitrogen and oxygen atoms in total. The Morgan fingerprint density at radius 1 is 1.12 bits per heavy atom. The van der Waals surface area contributed by atoms with Gasteiger partial charge in [0.05, 0.1) is 23.6 Å². The van der Waals surface area contributed by atoms with E-state index in [0.717, 1.165) is 36.4 Å². The Hall–Kier alpha value is -1.33. The lowest BCUT2D eigenvalue weighted by Gasteiger charge is -2.36. The molecule has 2 heterocycles. The fourth-order valence-electron chi connectivity index (χ4n) is 4.94. The van der Waals surface area contributed by atoms with Crippen molar-refractivity contribution in [2.75, 3.05) is 23.3 Å². The van der Waals surface area contributed by atoms with Crippen molar-refractivity contribution in [2.45, 2.75) is 64.3 Å². The molecule has 2 bridgehead atoms. The lowest BCUT2D eigenvalue weighted by atomic mass is 9.91. The average Bonchev–Trinajstić information content (AvgIpc) is 3.07. The summed E-state index contributed by atoms with van der Waals surface area (Å²) in [7, 11) is 0. The first-order valence-electron chi connectivity index (χ1n) is 9.39. The van der Waals surface area contributed by atoms with Crippen LogP contribution in [0.1, 0.15) is 38.8 Å². The van der Waals surface area contributed by atoms with Gasteiger partial charge in [0.25, 0.3) is 0 Å². The predicted octanol–water partition coefficient (Wildman–Crippen LogP) is 2.54. The molecule has 1 saturated heterocycles. The predicted molar refractivity (Wildman–Crippen MR) is 97.4 cm³/mol. The minimum absolute atomic E-state index is 0.256. The molecule has 1 aromatic heterocycles. The molecule has 3 N–H and O–H groups in total. The molecule has 0 radical (unpaired) electrons. The number of morpholine rings is 1. The third kappa shape index (κ3) is 3.00. The van der Waals surface area contributed by atoms with E-state index in [0.29, 0.717) is 12.1 Å². The van der Waals surface area contributed by atoms with Crippen LogP contribution in [0.3, 0.4) is 0 Å². The van der Waals surface area contributed by atoms with Crippen molar-refractivity contribution in [1.29, 1.82) is 0 Å². The van der Waals surface area contributed by atoms with Crippen LogP contribution in [0.5, 0.6) is 0 Å². The van der Waals surface area contributed by atoms with E-state index < -0.39 is 0 Å². The summed E-state index contributed by atoms with van der Waals surface area (Å²) in [5, 5.41) is 3.75. The number of aryl methyl sites for hydroxylation is 1. The molecule has 2 aliphatic carbocycles. The van der Waals surface area contributed by atoms with Crippen LogP contribution in [-0.2, 0) is 4.74 Å². The lowest BCUT2D eigenvalue weighted by Crippen LogP contribution is -2.45. The van der Waals surface area contributed by atoms with Crippen molar-refractivity contribution in [3.8, 4) is 0 Å². The van der Waals surface area contributed by atoms with E-state index in [1.165, 1.54) is 24.9 Å². The van der Waals surface area contributed by atoms with Crippen molar-refractivity contribution in [1.82, 2.24) is 4.98 Å². The monoisotopic (exact) mass is 330 g/mol. The first-order chi connectivity index (χ1) is 11.5. The first-order valence-corrected chi connectivity index (χ1v) is 9.39. The molecule has 132 valence electrons. The Morgan fingerprint density at radius 2 is 1.88 bits per heavy atom. The second-order valence-corrected chi connectivity index (χ2v) is 8.11. The van der Waals surface area contributed by atoms with Gasteiger partial charge in [0.1, 0.15) is 5.82 Å². The zero-order valence-electron chi connectivity index (χ0n) is 15.0. The molecule has 1 aliphatic heterocycles. The Morgan fingerprint density at radius 3 is 2.46 bits per heavy atom. The van der Waals surface area contributed by atoms with Gasteiger partial charge < -0.3 is 20.7 Å². The zero-order valence-corrected chi connectivity index (χ0v) is 15.0. The molecule has 4 rings (SSSR count). The summed E-state index contributed by atoms with van der Waals surface area (Å²) in [6.45, 7) is 8.19. The van der Waals surface area contributed by atoms with E-state index in [9.17, 15) is 0 Å². The molecule has 3 aliphatic rings. The Balaban J connectivity index is 1.45. The molecule has 1 aromatic rings. The fourth-order valence-corrected chi connectivity index (χ4v) is 4.94. The number of nitrogens with zero attached hydrogens (tertiary/aromatic N) is 2. The SMILES string of the molecule is Cc1nc(N2CC(C)OC(C)C2)ccc1NC1CC2CC1CC2N. The summed E-state index contributed by atoms with van der Waals surface area (Å²) in [4.78, 5) is 7.21. The van der Waals surface area contributed by atoms with Crippen molar-refractivity contribution in [3.63, 3.8) is 0 Å². The molecule has 5 heteroatoms. The summed E-state index contributed by atoms with van der Waals surface area (Å²) >= 11 is 0. The van der Waals surface area contributed by atoms with Crippen LogP contribution in [-0.4, -0.2) is 42.4 Å². The number of aromatic nitrogens is 1. The first kappa shape index (κ1) is 16.2. The highest BCUT2D eigenvalue weighted by Gasteiger charge is 2.44. The normalized spacial score (nSPS) is 38.6. The molecular weight excluding hydrogens is 300 g/mol. The summed E-state index contributed by atoms with van der Waals surface area (Å²) in [6, 6.07) is 5.36. The highest BCUT2D eigenvalue weighted by Crippen LogP contribution is 2.45. The average molecular weight is 330 g/mol. The smallest absolute Gasteiger partial charge is 0.129 e. The van der Waals surface area contributed by atoms with Gasteiger partial charge in [-0.15, -0.1) is 0 Å². The van der Waals surface area contributed by atoms with Crippen LogP contribution in [0.25, 0.3) is 0 Å². The van der Waals surface area contributed by atoms with E-state index in [1.54, 1.807) is 0 Å².